The summed E-state index contributed by atoms with van der Waals surface area (Å²) in [5, 5.41) is 11.2. The molecular weight excluding hydrogens is 346 g/mol. The third kappa shape index (κ3) is 4.70. The Morgan fingerprint density at radius 2 is 1.63 bits per heavy atom. The van der Waals surface area contributed by atoms with Gasteiger partial charge < -0.3 is 10.5 Å². The summed E-state index contributed by atoms with van der Waals surface area (Å²) in [6.45, 7) is 3.35. The quantitative estimate of drug-likeness (QED) is 0.789. The van der Waals surface area contributed by atoms with Gasteiger partial charge in [0.15, 0.2) is 6.10 Å². The lowest BCUT2D eigenvalue weighted by Gasteiger charge is -2.20. The molecule has 0 radical (unpaired) electrons. The normalized spacial score (nSPS) is 11.3. The van der Waals surface area contributed by atoms with Crippen LogP contribution in [-0.2, 0) is 9.53 Å². The number of ether oxygens (including phenoxy) is 1. The number of imide groups is 1. The van der Waals surface area contributed by atoms with Crippen LogP contribution in [0, 0.1) is 17.2 Å². The maximum atomic E-state index is 12.7. The number of rotatable bonds is 5. The molecule has 2 aromatic rings. The Labute approximate surface area is 156 Å². The average molecular weight is 365 g/mol. The van der Waals surface area contributed by atoms with Crippen molar-refractivity contribution in [3.63, 3.8) is 0 Å². The van der Waals surface area contributed by atoms with Gasteiger partial charge in [-0.05, 0) is 23.6 Å². The molecule has 0 aliphatic heterocycles. The first-order valence-electron chi connectivity index (χ1n) is 8.25. The highest BCUT2D eigenvalue weighted by Gasteiger charge is 2.29. The highest BCUT2D eigenvalue weighted by atomic mass is 16.5. The average Bonchev–Trinajstić information content (AvgIpc) is 2.64. The Morgan fingerprint density at radius 3 is 2.22 bits per heavy atom. The van der Waals surface area contributed by atoms with Gasteiger partial charge in [0.25, 0.3) is 5.91 Å². The molecule has 0 saturated heterocycles. The van der Waals surface area contributed by atoms with E-state index in [2.05, 4.69) is 6.07 Å². The first-order chi connectivity index (χ1) is 12.8. The zero-order valence-corrected chi connectivity index (χ0v) is 14.9. The highest BCUT2D eigenvalue weighted by Crippen LogP contribution is 2.28. The minimum absolute atomic E-state index is 0.206. The molecule has 0 fully saturated rings. The van der Waals surface area contributed by atoms with Gasteiger partial charge in [0.1, 0.15) is 0 Å². The van der Waals surface area contributed by atoms with E-state index >= 15 is 0 Å². The summed E-state index contributed by atoms with van der Waals surface area (Å²) in [4.78, 5) is 35.7. The van der Waals surface area contributed by atoms with Crippen LogP contribution in [0.4, 0.5) is 4.79 Å². The van der Waals surface area contributed by atoms with Gasteiger partial charge >= 0.3 is 12.0 Å². The lowest BCUT2D eigenvalue weighted by Crippen LogP contribution is -2.45. The molecule has 0 aliphatic carbocycles. The van der Waals surface area contributed by atoms with E-state index in [1.54, 1.807) is 62.4 Å². The first-order valence-corrected chi connectivity index (χ1v) is 8.25. The van der Waals surface area contributed by atoms with Crippen molar-refractivity contribution < 1.29 is 19.1 Å². The van der Waals surface area contributed by atoms with Gasteiger partial charge in [-0.15, -0.1) is 0 Å². The fraction of sp³-hybridized carbons (Fsp3) is 0.200. The summed E-state index contributed by atoms with van der Waals surface area (Å²) in [7, 11) is 0. The van der Waals surface area contributed by atoms with Gasteiger partial charge in [-0.1, -0.05) is 50.2 Å². The number of benzene rings is 2. The minimum atomic E-state index is -1.19. The lowest BCUT2D eigenvalue weighted by molar-refractivity contribution is -0.130. The molecular formula is C20H19N3O4. The summed E-state index contributed by atoms with van der Waals surface area (Å²) >= 11 is 0. The maximum absolute atomic E-state index is 12.7. The van der Waals surface area contributed by atoms with Crippen molar-refractivity contribution in [2.24, 2.45) is 11.7 Å². The maximum Gasteiger partial charge on any atom is 0.339 e. The number of primary amides is 1. The topological polar surface area (TPSA) is 122 Å². The number of nitrogens with zero attached hydrogens (tertiary/aromatic N) is 1. The molecule has 3 N–H and O–H groups in total. The molecule has 7 heteroatoms. The summed E-state index contributed by atoms with van der Waals surface area (Å²) in [5.41, 5.74) is 6.67. The van der Waals surface area contributed by atoms with E-state index in [1.165, 1.54) is 0 Å². The lowest BCUT2D eigenvalue weighted by atomic mass is 9.96. The third-order valence-electron chi connectivity index (χ3n) is 3.83. The van der Waals surface area contributed by atoms with Gasteiger partial charge in [0, 0.05) is 5.56 Å². The fourth-order valence-electron chi connectivity index (χ4n) is 2.58. The second-order valence-corrected chi connectivity index (χ2v) is 6.13. The largest absolute Gasteiger partial charge is 0.448 e. The number of hydrogen-bond donors (Lipinski definition) is 2. The Kier molecular flexibility index (Phi) is 6.28. The van der Waals surface area contributed by atoms with E-state index in [1.807, 2.05) is 5.32 Å². The molecule has 1 atom stereocenters. The van der Waals surface area contributed by atoms with Crippen LogP contribution >= 0.6 is 0 Å². The number of nitrogens with one attached hydrogen (secondary N) is 1. The van der Waals surface area contributed by atoms with Crippen molar-refractivity contribution in [2.45, 2.75) is 20.0 Å². The molecule has 0 heterocycles. The molecule has 2 aromatic carbocycles. The van der Waals surface area contributed by atoms with E-state index in [4.69, 9.17) is 10.5 Å². The molecule has 2 rings (SSSR count). The standard InChI is InChI=1S/C20H19N3O4/c1-12(2)17(18(24)23-20(22)26)27-19(25)16-10-6-5-9-15(16)14-8-4-3-7-13(14)11-21/h3-10,12,17H,1-2H3,(H3,22,23,24,26)/t17-/m0/s1. The molecule has 0 aromatic heterocycles. The van der Waals surface area contributed by atoms with E-state index in [0.717, 1.165) is 0 Å². The molecule has 138 valence electrons. The number of urea groups is 1. The highest BCUT2D eigenvalue weighted by molar-refractivity contribution is 6.01. The van der Waals surface area contributed by atoms with Crippen LogP contribution in [0.15, 0.2) is 48.5 Å². The Hall–Kier alpha value is -3.66. The summed E-state index contributed by atoms with van der Waals surface area (Å²) in [5.74, 6) is -1.91. The fourth-order valence-corrected chi connectivity index (χ4v) is 2.58. The molecule has 0 unspecified atom stereocenters. The van der Waals surface area contributed by atoms with Crippen molar-refractivity contribution in [1.82, 2.24) is 5.32 Å². The van der Waals surface area contributed by atoms with Crippen LogP contribution in [0.2, 0.25) is 0 Å². The SMILES string of the molecule is CC(C)[C@H](OC(=O)c1ccccc1-c1ccccc1C#N)C(=O)NC(N)=O. The second kappa shape index (κ2) is 8.63. The number of esters is 1. The van der Waals surface area contributed by atoms with Gasteiger partial charge in [-0.3, -0.25) is 10.1 Å². The Balaban J connectivity index is 2.38. The molecule has 7 nitrogen and oxygen atoms in total. The van der Waals surface area contributed by atoms with Gasteiger partial charge in [0.2, 0.25) is 0 Å². The van der Waals surface area contributed by atoms with E-state index in [0.29, 0.717) is 16.7 Å². The van der Waals surface area contributed by atoms with Crippen LogP contribution < -0.4 is 11.1 Å². The predicted molar refractivity (Wildman–Crippen MR) is 98.4 cm³/mol. The number of nitriles is 1. The number of amides is 3. The molecule has 0 saturated carbocycles. The summed E-state index contributed by atoms with van der Waals surface area (Å²) in [6.07, 6.45) is -1.19. The van der Waals surface area contributed by atoms with Crippen LogP contribution in [0.3, 0.4) is 0 Å². The van der Waals surface area contributed by atoms with Crippen molar-refractivity contribution in [2.75, 3.05) is 0 Å². The monoisotopic (exact) mass is 365 g/mol. The van der Waals surface area contributed by atoms with Crippen LogP contribution in [-0.4, -0.2) is 24.0 Å². The first kappa shape index (κ1) is 19.7. The molecule has 27 heavy (non-hydrogen) atoms. The number of carbonyl (C=O) groups excluding carboxylic acids is 3. The van der Waals surface area contributed by atoms with Crippen molar-refractivity contribution >= 4 is 17.9 Å². The van der Waals surface area contributed by atoms with Crippen molar-refractivity contribution in [3.8, 4) is 17.2 Å². The molecule has 0 spiro atoms. The molecule has 0 bridgehead atoms. The van der Waals surface area contributed by atoms with Crippen molar-refractivity contribution in [3.05, 3.63) is 59.7 Å². The number of carbonyl (C=O) groups is 3. The Bertz CT molecular complexity index is 915. The van der Waals surface area contributed by atoms with E-state index in [9.17, 15) is 19.6 Å². The van der Waals surface area contributed by atoms with Crippen molar-refractivity contribution in [1.29, 1.82) is 5.26 Å². The van der Waals surface area contributed by atoms with Crippen LogP contribution in [0.25, 0.3) is 11.1 Å². The molecule has 0 aliphatic rings. The smallest absolute Gasteiger partial charge is 0.339 e. The number of nitrogens with two attached hydrogens (primary N) is 1. The van der Waals surface area contributed by atoms with Crippen LogP contribution in [0.1, 0.15) is 29.8 Å². The van der Waals surface area contributed by atoms with E-state index in [-0.39, 0.29) is 11.5 Å². The summed E-state index contributed by atoms with van der Waals surface area (Å²) in [6, 6.07) is 14.6. The number of hydrogen-bond acceptors (Lipinski definition) is 5. The predicted octanol–water partition coefficient (Wildman–Crippen LogP) is 2.60. The minimum Gasteiger partial charge on any atom is -0.448 e. The van der Waals surface area contributed by atoms with Gasteiger partial charge in [-0.25, -0.2) is 9.59 Å². The zero-order valence-electron chi connectivity index (χ0n) is 14.9. The van der Waals surface area contributed by atoms with Gasteiger partial charge in [0.05, 0.1) is 17.2 Å². The zero-order chi connectivity index (χ0) is 20.0. The summed E-state index contributed by atoms with van der Waals surface area (Å²) < 4.78 is 5.35. The van der Waals surface area contributed by atoms with Gasteiger partial charge in [-0.2, -0.15) is 5.26 Å². The molecule has 3 amide bonds. The Morgan fingerprint density at radius 1 is 1.04 bits per heavy atom. The van der Waals surface area contributed by atoms with E-state index < -0.39 is 24.0 Å². The third-order valence-corrected chi connectivity index (χ3v) is 3.83. The second-order valence-electron chi connectivity index (χ2n) is 6.13. The van der Waals surface area contributed by atoms with Crippen LogP contribution in [0.5, 0.6) is 0 Å².